The summed E-state index contributed by atoms with van der Waals surface area (Å²) in [5.41, 5.74) is 3.08. The van der Waals surface area contributed by atoms with E-state index in [4.69, 9.17) is 16.7 Å². The number of nitrogens with zero attached hydrogens (tertiary/aromatic N) is 2. The van der Waals surface area contributed by atoms with Crippen LogP contribution in [0.3, 0.4) is 0 Å². The lowest BCUT2D eigenvalue weighted by Crippen LogP contribution is -2.14. The molecule has 0 spiro atoms. The Morgan fingerprint density at radius 3 is 2.62 bits per heavy atom. The SMILES string of the molecule is CCn1c(-c2cccc(Cl)c2)cs/c1=N\c1ccc(C(=O)O)cc1. The minimum atomic E-state index is -0.940. The number of thiazole rings is 1. The van der Waals surface area contributed by atoms with Crippen LogP contribution in [0.5, 0.6) is 0 Å². The summed E-state index contributed by atoms with van der Waals surface area (Å²) in [6, 6.07) is 14.3. The first-order valence-corrected chi connectivity index (χ1v) is 8.66. The summed E-state index contributed by atoms with van der Waals surface area (Å²) in [4.78, 5) is 16.4. The molecule has 0 aliphatic carbocycles. The average molecular weight is 359 g/mol. The number of carbonyl (C=O) groups is 1. The smallest absolute Gasteiger partial charge is 0.335 e. The molecule has 0 saturated carbocycles. The van der Waals surface area contributed by atoms with Crippen molar-refractivity contribution in [1.82, 2.24) is 4.57 Å². The van der Waals surface area contributed by atoms with E-state index in [9.17, 15) is 4.79 Å². The van der Waals surface area contributed by atoms with Crippen LogP contribution < -0.4 is 4.80 Å². The van der Waals surface area contributed by atoms with Gasteiger partial charge in [0.05, 0.1) is 16.9 Å². The lowest BCUT2D eigenvalue weighted by molar-refractivity contribution is 0.0697. The van der Waals surface area contributed by atoms with E-state index in [0.29, 0.717) is 5.02 Å². The van der Waals surface area contributed by atoms with Crippen molar-refractivity contribution in [1.29, 1.82) is 0 Å². The highest BCUT2D eigenvalue weighted by atomic mass is 35.5. The second-order valence-electron chi connectivity index (χ2n) is 5.12. The molecule has 1 heterocycles. The molecular formula is C18H15ClN2O2S. The van der Waals surface area contributed by atoms with Gasteiger partial charge in [0, 0.05) is 22.5 Å². The Hall–Kier alpha value is -2.37. The number of carboxylic acid groups (broad SMARTS) is 1. The lowest BCUT2D eigenvalue weighted by Gasteiger charge is -2.06. The molecule has 24 heavy (non-hydrogen) atoms. The first kappa shape index (κ1) is 16.5. The summed E-state index contributed by atoms with van der Waals surface area (Å²) < 4.78 is 2.11. The molecule has 0 unspecified atom stereocenters. The molecule has 0 aliphatic rings. The van der Waals surface area contributed by atoms with Gasteiger partial charge in [-0.3, -0.25) is 0 Å². The maximum Gasteiger partial charge on any atom is 0.335 e. The minimum absolute atomic E-state index is 0.253. The number of halogens is 1. The molecule has 0 atom stereocenters. The molecule has 3 rings (SSSR count). The van der Waals surface area contributed by atoms with Crippen molar-refractivity contribution < 1.29 is 9.90 Å². The summed E-state index contributed by atoms with van der Waals surface area (Å²) in [6.07, 6.45) is 0. The van der Waals surface area contributed by atoms with Crippen molar-refractivity contribution in [2.45, 2.75) is 13.5 Å². The third-order valence-electron chi connectivity index (χ3n) is 3.57. The molecule has 0 amide bonds. The zero-order valence-electron chi connectivity index (χ0n) is 12.9. The van der Waals surface area contributed by atoms with Crippen LogP contribution in [-0.2, 0) is 6.54 Å². The Kier molecular flexibility index (Phi) is 4.83. The molecule has 0 aliphatic heterocycles. The van der Waals surface area contributed by atoms with E-state index in [2.05, 4.69) is 21.9 Å². The Morgan fingerprint density at radius 1 is 1.25 bits per heavy atom. The van der Waals surface area contributed by atoms with Crippen LogP contribution in [0.4, 0.5) is 5.69 Å². The molecule has 6 heteroatoms. The van der Waals surface area contributed by atoms with E-state index in [0.717, 1.165) is 28.3 Å². The van der Waals surface area contributed by atoms with Gasteiger partial charge in [0.25, 0.3) is 0 Å². The Bertz CT molecular complexity index is 942. The molecule has 0 radical (unpaired) electrons. The fourth-order valence-electron chi connectivity index (χ4n) is 2.39. The Labute approximate surface area is 148 Å². The summed E-state index contributed by atoms with van der Waals surface area (Å²) in [5.74, 6) is -0.940. The highest BCUT2D eigenvalue weighted by Gasteiger charge is 2.07. The van der Waals surface area contributed by atoms with Gasteiger partial charge in [0.2, 0.25) is 0 Å². The monoisotopic (exact) mass is 358 g/mol. The highest BCUT2D eigenvalue weighted by Crippen LogP contribution is 2.23. The maximum atomic E-state index is 10.9. The quantitative estimate of drug-likeness (QED) is 0.726. The van der Waals surface area contributed by atoms with E-state index < -0.39 is 5.97 Å². The molecule has 0 fully saturated rings. The molecule has 0 saturated heterocycles. The second kappa shape index (κ2) is 7.03. The van der Waals surface area contributed by atoms with Crippen molar-refractivity contribution in [3.05, 3.63) is 69.3 Å². The first-order chi connectivity index (χ1) is 11.6. The number of aromatic carboxylic acids is 1. The van der Waals surface area contributed by atoms with Gasteiger partial charge in [-0.15, -0.1) is 11.3 Å². The number of rotatable bonds is 4. The number of aromatic nitrogens is 1. The number of hydrogen-bond donors (Lipinski definition) is 1. The van der Waals surface area contributed by atoms with Crippen LogP contribution in [0.2, 0.25) is 5.02 Å². The average Bonchev–Trinajstić information content (AvgIpc) is 2.98. The van der Waals surface area contributed by atoms with Gasteiger partial charge in [-0.2, -0.15) is 0 Å². The second-order valence-corrected chi connectivity index (χ2v) is 6.39. The number of hydrogen-bond acceptors (Lipinski definition) is 3. The largest absolute Gasteiger partial charge is 0.478 e. The zero-order valence-corrected chi connectivity index (χ0v) is 14.5. The molecule has 4 nitrogen and oxygen atoms in total. The summed E-state index contributed by atoms with van der Waals surface area (Å²) >= 11 is 7.63. The van der Waals surface area contributed by atoms with Crippen molar-refractivity contribution in [2.24, 2.45) is 4.99 Å². The van der Waals surface area contributed by atoms with E-state index in [1.54, 1.807) is 35.6 Å². The van der Waals surface area contributed by atoms with E-state index >= 15 is 0 Å². The minimum Gasteiger partial charge on any atom is -0.478 e. The third-order valence-corrected chi connectivity index (χ3v) is 4.67. The van der Waals surface area contributed by atoms with Gasteiger partial charge in [0.15, 0.2) is 4.80 Å². The van der Waals surface area contributed by atoms with Crippen molar-refractivity contribution in [3.63, 3.8) is 0 Å². The van der Waals surface area contributed by atoms with Gasteiger partial charge >= 0.3 is 5.97 Å². The van der Waals surface area contributed by atoms with Gasteiger partial charge < -0.3 is 9.67 Å². The molecule has 1 N–H and O–H groups in total. The van der Waals surface area contributed by atoms with Crippen LogP contribution in [0.25, 0.3) is 11.3 Å². The highest BCUT2D eigenvalue weighted by molar-refractivity contribution is 7.07. The zero-order chi connectivity index (χ0) is 17.1. The predicted octanol–water partition coefficient (Wildman–Crippen LogP) is 4.82. The van der Waals surface area contributed by atoms with Gasteiger partial charge in [-0.05, 0) is 43.3 Å². The maximum absolute atomic E-state index is 10.9. The molecule has 122 valence electrons. The molecular weight excluding hydrogens is 344 g/mol. The summed E-state index contributed by atoms with van der Waals surface area (Å²) in [6.45, 7) is 2.84. The standard InChI is InChI=1S/C18H15ClN2O2S/c1-2-21-16(13-4-3-5-14(19)10-13)11-24-18(21)20-15-8-6-12(7-9-15)17(22)23/h3-11H,2H2,1H3,(H,22,23)/b20-18-. The summed E-state index contributed by atoms with van der Waals surface area (Å²) in [7, 11) is 0. The van der Waals surface area contributed by atoms with Crippen LogP contribution in [-0.4, -0.2) is 15.6 Å². The third kappa shape index (κ3) is 3.42. The normalized spacial score (nSPS) is 11.7. The fraction of sp³-hybridized carbons (Fsp3) is 0.111. The molecule has 1 aromatic heterocycles. The first-order valence-electron chi connectivity index (χ1n) is 7.41. The van der Waals surface area contributed by atoms with Crippen LogP contribution in [0, 0.1) is 0 Å². The molecule has 0 bridgehead atoms. The number of benzene rings is 2. The van der Waals surface area contributed by atoms with Crippen molar-refractivity contribution in [2.75, 3.05) is 0 Å². The molecule has 2 aromatic carbocycles. The van der Waals surface area contributed by atoms with Gasteiger partial charge in [-0.25, -0.2) is 9.79 Å². The van der Waals surface area contributed by atoms with Crippen molar-refractivity contribution in [3.8, 4) is 11.3 Å². The Morgan fingerprint density at radius 2 is 2.00 bits per heavy atom. The number of carboxylic acids is 1. The van der Waals surface area contributed by atoms with E-state index in [-0.39, 0.29) is 5.56 Å². The molecule has 3 aromatic rings. The van der Waals surface area contributed by atoms with Gasteiger partial charge in [0.1, 0.15) is 0 Å². The fourth-order valence-corrected chi connectivity index (χ4v) is 3.58. The topological polar surface area (TPSA) is 54.6 Å². The Balaban J connectivity index is 2.04. The van der Waals surface area contributed by atoms with Crippen LogP contribution >= 0.6 is 22.9 Å². The predicted molar refractivity (Wildman–Crippen MR) is 97.1 cm³/mol. The van der Waals surface area contributed by atoms with E-state index in [1.165, 1.54) is 0 Å². The van der Waals surface area contributed by atoms with E-state index in [1.807, 2.05) is 24.3 Å². The van der Waals surface area contributed by atoms with Crippen molar-refractivity contribution >= 4 is 34.6 Å². The van der Waals surface area contributed by atoms with Crippen LogP contribution in [0.1, 0.15) is 17.3 Å². The lowest BCUT2D eigenvalue weighted by atomic mass is 10.2. The van der Waals surface area contributed by atoms with Crippen LogP contribution in [0.15, 0.2) is 58.9 Å². The summed E-state index contributed by atoms with van der Waals surface area (Å²) in [5, 5.41) is 11.7. The van der Waals surface area contributed by atoms with Gasteiger partial charge in [-0.1, -0.05) is 23.7 Å².